The van der Waals surface area contributed by atoms with Crippen molar-refractivity contribution in [1.29, 1.82) is 0 Å². The molecule has 11 rings (SSSR count). The molecule has 0 radical (unpaired) electrons. The van der Waals surface area contributed by atoms with Gasteiger partial charge >= 0.3 is 0 Å². The summed E-state index contributed by atoms with van der Waals surface area (Å²) in [6.45, 7) is -0.103. The predicted molar refractivity (Wildman–Crippen MR) is 217 cm³/mol. The van der Waals surface area contributed by atoms with Crippen LogP contribution in [0.3, 0.4) is 0 Å². The molecule has 51 heavy (non-hydrogen) atoms. The molecule has 0 amide bonds. The third-order valence-corrected chi connectivity index (χ3v) is 11.6. The Balaban J connectivity index is 1.39. The Morgan fingerprint density at radius 2 is 0.941 bits per heavy atom. The number of aromatic nitrogens is 3. The van der Waals surface area contributed by atoms with Gasteiger partial charge in [0.15, 0.2) is 5.82 Å². The van der Waals surface area contributed by atoms with Crippen molar-refractivity contribution in [2.24, 2.45) is 0 Å². The summed E-state index contributed by atoms with van der Waals surface area (Å²) in [7, 11) is 0. The molecular formula is C45H29BN4S. The standard InChI is InChI=1S/C45H29BN4S/c1-4-16-30(17-5-1)46-43-40(35-23-10-13-25-37(35)48(43)31-18-6-2-7-19-31)50(45-42-34(28-29-47-45)33-22-12-15-27-39(33)51-42)41-36-24-11-14-26-38(36)49(44(41)46)32-20-8-3-9-21-32/h1-29H. The number of anilines is 3. The topological polar surface area (TPSA) is 26.0 Å². The second kappa shape index (κ2) is 11.1. The number of hydrogen-bond acceptors (Lipinski definition) is 3. The second-order valence-corrected chi connectivity index (χ2v) is 14.2. The summed E-state index contributed by atoms with van der Waals surface area (Å²) in [6, 6.07) is 61.4. The Hall–Kier alpha value is -6.37. The van der Waals surface area contributed by atoms with Crippen LogP contribution in [-0.4, -0.2) is 20.8 Å². The van der Waals surface area contributed by atoms with E-state index in [0.29, 0.717) is 0 Å². The average molecular weight is 669 g/mol. The number of thiophene rings is 1. The van der Waals surface area contributed by atoms with Gasteiger partial charge in [-0.3, -0.25) is 4.90 Å². The number of fused-ring (bicyclic) bond motifs is 9. The molecule has 0 N–H and O–H groups in total. The van der Waals surface area contributed by atoms with Gasteiger partial charge in [-0.2, -0.15) is 0 Å². The highest BCUT2D eigenvalue weighted by molar-refractivity contribution is 7.26. The zero-order valence-corrected chi connectivity index (χ0v) is 28.3. The van der Waals surface area contributed by atoms with Gasteiger partial charge in [0, 0.05) is 55.0 Å². The lowest BCUT2D eigenvalue weighted by Gasteiger charge is -2.35. The fourth-order valence-electron chi connectivity index (χ4n) is 8.41. The van der Waals surface area contributed by atoms with Crippen molar-refractivity contribution < 1.29 is 0 Å². The highest BCUT2D eigenvalue weighted by Gasteiger charge is 2.45. The smallest absolute Gasteiger partial charge is 0.289 e. The van der Waals surface area contributed by atoms with Crippen LogP contribution >= 0.6 is 11.3 Å². The SMILES string of the molecule is c1ccc(B2c3c(c4ccccc4n3-c3ccccc3)N(c3nccc4c3sc3ccccc34)c3c2n(-c2ccccc2)c2ccccc32)cc1. The first kappa shape index (κ1) is 28.5. The van der Waals surface area contributed by atoms with E-state index in [-0.39, 0.29) is 6.71 Å². The molecule has 0 fully saturated rings. The molecule has 4 nitrogen and oxygen atoms in total. The molecule has 4 aromatic heterocycles. The van der Waals surface area contributed by atoms with Gasteiger partial charge in [0.1, 0.15) is 0 Å². The van der Waals surface area contributed by atoms with E-state index >= 15 is 0 Å². The van der Waals surface area contributed by atoms with E-state index in [0.717, 1.165) is 17.2 Å². The Morgan fingerprint density at radius 1 is 0.451 bits per heavy atom. The molecule has 6 aromatic carbocycles. The van der Waals surface area contributed by atoms with Gasteiger partial charge in [0.2, 0.25) is 0 Å². The van der Waals surface area contributed by atoms with E-state index in [1.54, 1.807) is 0 Å². The molecule has 0 spiro atoms. The Kier molecular flexibility index (Phi) is 6.18. The molecule has 0 unspecified atom stereocenters. The molecule has 0 atom stereocenters. The van der Waals surface area contributed by atoms with Crippen molar-refractivity contribution in [3.8, 4) is 11.4 Å². The normalized spacial score (nSPS) is 12.6. The largest absolute Gasteiger partial charge is 0.319 e. The third-order valence-electron chi connectivity index (χ3n) is 10.4. The van der Waals surface area contributed by atoms with Gasteiger partial charge in [0.25, 0.3) is 6.71 Å². The molecule has 0 saturated carbocycles. The summed E-state index contributed by atoms with van der Waals surface area (Å²) in [5.74, 6) is 0.953. The van der Waals surface area contributed by atoms with Crippen LogP contribution in [0.5, 0.6) is 0 Å². The van der Waals surface area contributed by atoms with Crippen LogP contribution in [0.2, 0.25) is 0 Å². The predicted octanol–water partition coefficient (Wildman–Crippen LogP) is 9.64. The maximum absolute atomic E-state index is 5.32. The minimum atomic E-state index is -0.103. The summed E-state index contributed by atoms with van der Waals surface area (Å²) < 4.78 is 7.44. The fourth-order valence-corrected chi connectivity index (χ4v) is 9.59. The van der Waals surface area contributed by atoms with Gasteiger partial charge in [-0.1, -0.05) is 127 Å². The second-order valence-electron chi connectivity index (χ2n) is 13.1. The minimum absolute atomic E-state index is 0.103. The lowest BCUT2D eigenvalue weighted by molar-refractivity contribution is 1.12. The van der Waals surface area contributed by atoms with E-state index in [1.807, 2.05) is 17.5 Å². The van der Waals surface area contributed by atoms with Crippen LogP contribution < -0.4 is 21.5 Å². The third kappa shape index (κ3) is 4.05. The van der Waals surface area contributed by atoms with Crippen LogP contribution in [0.15, 0.2) is 176 Å². The zero-order chi connectivity index (χ0) is 33.5. The number of pyridine rings is 1. The summed E-state index contributed by atoms with van der Waals surface area (Å²) in [6.07, 6.45) is 1.99. The molecule has 5 heterocycles. The summed E-state index contributed by atoms with van der Waals surface area (Å²) in [5, 5.41) is 4.88. The van der Waals surface area contributed by atoms with Crippen molar-refractivity contribution in [2.45, 2.75) is 0 Å². The summed E-state index contributed by atoms with van der Waals surface area (Å²) >= 11 is 1.83. The van der Waals surface area contributed by atoms with Crippen molar-refractivity contribution >= 4 is 93.9 Å². The number of nitrogens with zero attached hydrogens (tertiary/aromatic N) is 4. The Morgan fingerprint density at radius 3 is 1.53 bits per heavy atom. The number of hydrogen-bond donors (Lipinski definition) is 0. The highest BCUT2D eigenvalue weighted by Crippen LogP contribution is 2.49. The lowest BCUT2D eigenvalue weighted by Crippen LogP contribution is -2.60. The molecule has 6 heteroatoms. The van der Waals surface area contributed by atoms with E-state index in [4.69, 9.17) is 4.98 Å². The molecule has 238 valence electrons. The molecule has 10 aromatic rings. The minimum Gasteiger partial charge on any atom is -0.319 e. The van der Waals surface area contributed by atoms with Crippen LogP contribution in [0.4, 0.5) is 17.2 Å². The Bertz CT molecular complexity index is 2800. The van der Waals surface area contributed by atoms with Crippen LogP contribution in [0, 0.1) is 0 Å². The van der Waals surface area contributed by atoms with Gasteiger partial charge in [0.05, 0.1) is 27.1 Å². The van der Waals surface area contributed by atoms with Crippen LogP contribution in [0.1, 0.15) is 0 Å². The first-order valence-electron chi connectivity index (χ1n) is 17.4. The van der Waals surface area contributed by atoms with E-state index in [9.17, 15) is 0 Å². The van der Waals surface area contributed by atoms with Crippen LogP contribution in [-0.2, 0) is 0 Å². The molecule has 1 aliphatic heterocycles. The average Bonchev–Trinajstić information content (AvgIpc) is 3.86. The van der Waals surface area contributed by atoms with Crippen LogP contribution in [0.25, 0.3) is 53.4 Å². The summed E-state index contributed by atoms with van der Waals surface area (Å²) in [4.78, 5) is 7.82. The Labute approximate surface area is 299 Å². The first-order chi connectivity index (χ1) is 25.4. The quantitative estimate of drug-likeness (QED) is 0.175. The number of benzene rings is 6. The van der Waals surface area contributed by atoms with E-state index in [1.165, 1.54) is 70.0 Å². The maximum atomic E-state index is 5.32. The summed E-state index contributed by atoms with van der Waals surface area (Å²) in [5.41, 5.74) is 10.6. The monoisotopic (exact) mass is 668 g/mol. The highest BCUT2D eigenvalue weighted by atomic mass is 32.1. The molecular weight excluding hydrogens is 639 g/mol. The van der Waals surface area contributed by atoms with E-state index in [2.05, 4.69) is 184 Å². The fraction of sp³-hybridized carbons (Fsp3) is 0. The molecule has 0 bridgehead atoms. The maximum Gasteiger partial charge on any atom is 0.289 e. The van der Waals surface area contributed by atoms with E-state index < -0.39 is 0 Å². The number of para-hydroxylation sites is 4. The van der Waals surface area contributed by atoms with Gasteiger partial charge < -0.3 is 9.13 Å². The van der Waals surface area contributed by atoms with Gasteiger partial charge in [-0.25, -0.2) is 4.98 Å². The van der Waals surface area contributed by atoms with Crippen molar-refractivity contribution in [2.75, 3.05) is 4.90 Å². The molecule has 1 aliphatic rings. The lowest BCUT2D eigenvalue weighted by atomic mass is 9.38. The first-order valence-corrected chi connectivity index (χ1v) is 18.2. The van der Waals surface area contributed by atoms with Crippen molar-refractivity contribution in [3.05, 3.63) is 176 Å². The van der Waals surface area contributed by atoms with Gasteiger partial charge in [-0.15, -0.1) is 11.3 Å². The van der Waals surface area contributed by atoms with Gasteiger partial charge in [-0.05, 0) is 48.5 Å². The van der Waals surface area contributed by atoms with Crippen molar-refractivity contribution in [1.82, 2.24) is 14.1 Å². The molecule has 0 aliphatic carbocycles. The number of rotatable bonds is 4. The zero-order valence-electron chi connectivity index (χ0n) is 27.5. The van der Waals surface area contributed by atoms with Crippen molar-refractivity contribution in [3.63, 3.8) is 0 Å². The molecule has 0 saturated heterocycles.